The number of nitrogen functional groups attached to an aromatic ring is 1. The van der Waals surface area contributed by atoms with Crippen LogP contribution in [0.5, 0.6) is 0 Å². The largest absolute Gasteiger partial charge is 0.399 e. The summed E-state index contributed by atoms with van der Waals surface area (Å²) in [6.07, 6.45) is 3.48. The van der Waals surface area contributed by atoms with Crippen LogP contribution in [0.25, 0.3) is 0 Å². The Morgan fingerprint density at radius 3 is 2.33 bits per heavy atom. The Bertz CT molecular complexity index is 311. The van der Waals surface area contributed by atoms with Gasteiger partial charge >= 0.3 is 0 Å². The Kier molecular flexibility index (Phi) is 7.26. The van der Waals surface area contributed by atoms with Crippen molar-refractivity contribution in [3.8, 4) is 0 Å². The quantitative estimate of drug-likeness (QED) is 0.540. The first-order valence-corrected chi connectivity index (χ1v) is 6.96. The Hall–Kier alpha value is -1.22. The molecule has 0 bridgehead atoms. The summed E-state index contributed by atoms with van der Waals surface area (Å²) >= 11 is 0. The van der Waals surface area contributed by atoms with Crippen LogP contribution in [0.4, 0.5) is 11.4 Å². The highest BCUT2D eigenvalue weighted by Gasteiger charge is 2.04. The van der Waals surface area contributed by atoms with Crippen molar-refractivity contribution in [2.75, 3.05) is 36.9 Å². The standard InChI is InChI=1S/C15H26N2O/c1-3-5-12-18-13-11-17(10-4-2)15-8-6-14(16)7-9-15/h6-9H,3-5,10-13,16H2,1-2H3. The molecule has 1 aromatic rings. The second-order valence-corrected chi connectivity index (χ2v) is 4.54. The SMILES string of the molecule is CCCCOCCN(CCC)c1ccc(N)cc1. The van der Waals surface area contributed by atoms with E-state index in [0.29, 0.717) is 0 Å². The zero-order valence-electron chi connectivity index (χ0n) is 11.7. The number of ether oxygens (including phenoxy) is 1. The molecule has 0 unspecified atom stereocenters. The molecule has 18 heavy (non-hydrogen) atoms. The second-order valence-electron chi connectivity index (χ2n) is 4.54. The maximum atomic E-state index is 5.71. The van der Waals surface area contributed by atoms with E-state index < -0.39 is 0 Å². The fourth-order valence-corrected chi connectivity index (χ4v) is 1.85. The van der Waals surface area contributed by atoms with Crippen molar-refractivity contribution >= 4 is 11.4 Å². The molecule has 1 rings (SSSR count). The minimum atomic E-state index is 0.796. The molecular weight excluding hydrogens is 224 g/mol. The first-order valence-electron chi connectivity index (χ1n) is 6.96. The number of benzene rings is 1. The molecule has 0 spiro atoms. The number of anilines is 2. The van der Waals surface area contributed by atoms with Gasteiger partial charge in [-0.15, -0.1) is 0 Å². The molecule has 0 amide bonds. The number of rotatable bonds is 9. The van der Waals surface area contributed by atoms with Gasteiger partial charge in [0.1, 0.15) is 0 Å². The lowest BCUT2D eigenvalue weighted by Gasteiger charge is -2.24. The zero-order chi connectivity index (χ0) is 13.2. The van der Waals surface area contributed by atoms with Gasteiger partial charge in [0.25, 0.3) is 0 Å². The average Bonchev–Trinajstić information content (AvgIpc) is 2.38. The molecule has 3 heteroatoms. The number of nitrogens with zero attached hydrogens (tertiary/aromatic N) is 1. The van der Waals surface area contributed by atoms with Crippen LogP contribution in [0.1, 0.15) is 33.1 Å². The predicted molar refractivity (Wildman–Crippen MR) is 79.1 cm³/mol. The van der Waals surface area contributed by atoms with Gasteiger partial charge in [-0.25, -0.2) is 0 Å². The molecule has 0 aliphatic rings. The van der Waals surface area contributed by atoms with Crippen LogP contribution < -0.4 is 10.6 Å². The van der Waals surface area contributed by atoms with E-state index >= 15 is 0 Å². The Morgan fingerprint density at radius 1 is 1.00 bits per heavy atom. The molecule has 0 saturated carbocycles. The summed E-state index contributed by atoms with van der Waals surface area (Å²) in [5, 5.41) is 0. The highest BCUT2D eigenvalue weighted by molar-refractivity contribution is 5.53. The molecule has 0 atom stereocenters. The van der Waals surface area contributed by atoms with Crippen LogP contribution in [-0.4, -0.2) is 26.3 Å². The van der Waals surface area contributed by atoms with Gasteiger partial charge in [0.2, 0.25) is 0 Å². The van der Waals surface area contributed by atoms with E-state index in [1.54, 1.807) is 0 Å². The third-order valence-corrected chi connectivity index (χ3v) is 2.90. The van der Waals surface area contributed by atoms with Crippen molar-refractivity contribution in [3.05, 3.63) is 24.3 Å². The lowest BCUT2D eigenvalue weighted by atomic mass is 10.2. The second kappa shape index (κ2) is 8.81. The monoisotopic (exact) mass is 250 g/mol. The van der Waals surface area contributed by atoms with E-state index in [0.717, 1.165) is 44.8 Å². The lowest BCUT2D eigenvalue weighted by Crippen LogP contribution is -2.28. The first kappa shape index (κ1) is 14.8. The van der Waals surface area contributed by atoms with Crippen molar-refractivity contribution in [1.29, 1.82) is 0 Å². The van der Waals surface area contributed by atoms with E-state index in [1.807, 2.05) is 12.1 Å². The third-order valence-electron chi connectivity index (χ3n) is 2.90. The van der Waals surface area contributed by atoms with Gasteiger partial charge in [0.15, 0.2) is 0 Å². The first-order chi connectivity index (χ1) is 8.77. The topological polar surface area (TPSA) is 38.5 Å². The average molecular weight is 250 g/mol. The summed E-state index contributed by atoms with van der Waals surface area (Å²) in [7, 11) is 0. The van der Waals surface area contributed by atoms with Crippen LogP contribution >= 0.6 is 0 Å². The molecule has 0 heterocycles. The Balaban J connectivity index is 2.41. The van der Waals surface area contributed by atoms with E-state index in [2.05, 4.69) is 30.9 Å². The normalized spacial score (nSPS) is 10.6. The molecule has 0 aliphatic heterocycles. The number of hydrogen-bond acceptors (Lipinski definition) is 3. The molecule has 1 aromatic carbocycles. The number of hydrogen-bond donors (Lipinski definition) is 1. The van der Waals surface area contributed by atoms with Gasteiger partial charge in [-0.1, -0.05) is 20.3 Å². The lowest BCUT2D eigenvalue weighted by molar-refractivity contribution is 0.137. The van der Waals surface area contributed by atoms with Crippen molar-refractivity contribution in [2.45, 2.75) is 33.1 Å². The van der Waals surface area contributed by atoms with Crippen molar-refractivity contribution < 1.29 is 4.74 Å². The summed E-state index contributed by atoms with van der Waals surface area (Å²) < 4.78 is 5.63. The highest BCUT2D eigenvalue weighted by atomic mass is 16.5. The minimum Gasteiger partial charge on any atom is -0.399 e. The molecule has 2 N–H and O–H groups in total. The van der Waals surface area contributed by atoms with E-state index in [9.17, 15) is 0 Å². The molecule has 0 aliphatic carbocycles. The highest BCUT2D eigenvalue weighted by Crippen LogP contribution is 2.16. The fraction of sp³-hybridized carbons (Fsp3) is 0.600. The molecule has 0 radical (unpaired) electrons. The number of nitrogens with two attached hydrogens (primary N) is 1. The van der Waals surface area contributed by atoms with Gasteiger partial charge in [-0.2, -0.15) is 0 Å². The van der Waals surface area contributed by atoms with Gasteiger partial charge in [-0.05, 0) is 37.1 Å². The van der Waals surface area contributed by atoms with Crippen LogP contribution in [0, 0.1) is 0 Å². The molecule has 3 nitrogen and oxygen atoms in total. The van der Waals surface area contributed by atoms with Crippen LogP contribution in [0.3, 0.4) is 0 Å². The number of unbranched alkanes of at least 4 members (excludes halogenated alkanes) is 1. The van der Waals surface area contributed by atoms with E-state index in [1.165, 1.54) is 12.1 Å². The maximum Gasteiger partial charge on any atom is 0.0641 e. The summed E-state index contributed by atoms with van der Waals surface area (Å²) in [5.74, 6) is 0. The summed E-state index contributed by atoms with van der Waals surface area (Å²) in [6.45, 7) is 8.05. The summed E-state index contributed by atoms with van der Waals surface area (Å²) in [4.78, 5) is 2.35. The van der Waals surface area contributed by atoms with E-state index in [4.69, 9.17) is 10.5 Å². The van der Waals surface area contributed by atoms with Crippen LogP contribution in [0.2, 0.25) is 0 Å². The maximum absolute atomic E-state index is 5.71. The van der Waals surface area contributed by atoms with Crippen LogP contribution in [-0.2, 0) is 4.74 Å². The summed E-state index contributed by atoms with van der Waals surface area (Å²) in [6, 6.07) is 8.07. The van der Waals surface area contributed by atoms with Gasteiger partial charge in [-0.3, -0.25) is 0 Å². The van der Waals surface area contributed by atoms with Gasteiger partial charge in [0.05, 0.1) is 6.61 Å². The summed E-state index contributed by atoms with van der Waals surface area (Å²) in [5.41, 5.74) is 7.75. The van der Waals surface area contributed by atoms with Crippen molar-refractivity contribution in [1.82, 2.24) is 0 Å². The van der Waals surface area contributed by atoms with E-state index in [-0.39, 0.29) is 0 Å². The molecule has 0 fully saturated rings. The Morgan fingerprint density at radius 2 is 1.72 bits per heavy atom. The third kappa shape index (κ3) is 5.41. The van der Waals surface area contributed by atoms with Gasteiger partial charge in [0, 0.05) is 31.1 Å². The Labute approximate surface area is 111 Å². The molecule has 102 valence electrons. The van der Waals surface area contributed by atoms with Gasteiger partial charge < -0.3 is 15.4 Å². The minimum absolute atomic E-state index is 0.796. The van der Waals surface area contributed by atoms with Crippen molar-refractivity contribution in [3.63, 3.8) is 0 Å². The smallest absolute Gasteiger partial charge is 0.0641 e. The van der Waals surface area contributed by atoms with Crippen molar-refractivity contribution in [2.24, 2.45) is 0 Å². The molecule has 0 aromatic heterocycles. The molecular formula is C15H26N2O. The zero-order valence-corrected chi connectivity index (χ0v) is 11.7. The fourth-order valence-electron chi connectivity index (χ4n) is 1.85. The molecule has 0 saturated heterocycles. The van der Waals surface area contributed by atoms with Crippen LogP contribution in [0.15, 0.2) is 24.3 Å². The predicted octanol–water partition coefficient (Wildman–Crippen LogP) is 3.30.